The van der Waals surface area contributed by atoms with Crippen LogP contribution in [0.25, 0.3) is 66.8 Å². The van der Waals surface area contributed by atoms with Gasteiger partial charge in [-0.15, -0.1) is 0 Å². The van der Waals surface area contributed by atoms with E-state index in [1.165, 1.54) is 100 Å². The van der Waals surface area contributed by atoms with E-state index in [0.29, 0.717) is 0 Å². The summed E-state index contributed by atoms with van der Waals surface area (Å²) in [7, 11) is 0. The molecule has 3 aliphatic carbocycles. The summed E-state index contributed by atoms with van der Waals surface area (Å²) in [6.45, 7) is 4.76. The standard InChI is InChI=1S/C64H45N/c1-63(2)55-31-15-11-25-48(55)52-38-36-45(41-60(52)63)65(61-35-19-30-47(43-22-7-4-8-23-43)62(61)53-29-10-9-24-46(53)42-20-5-3-6-21-42)44-37-39-59-54(40-44)51-28-14-18-34-58(51)64(59)56-32-16-12-26-49(56)50-27-13-17-33-57(50)64/h3-41H,1-2H3. The van der Waals surface area contributed by atoms with Gasteiger partial charge in [0.1, 0.15) is 0 Å². The highest BCUT2D eigenvalue weighted by Crippen LogP contribution is 2.63. The summed E-state index contributed by atoms with van der Waals surface area (Å²) in [6.07, 6.45) is 0. The number of hydrogen-bond donors (Lipinski definition) is 0. The van der Waals surface area contributed by atoms with Gasteiger partial charge in [-0.05, 0) is 125 Å². The molecule has 0 saturated heterocycles. The van der Waals surface area contributed by atoms with Gasteiger partial charge in [0.05, 0.1) is 11.1 Å². The zero-order chi connectivity index (χ0) is 43.3. The Bertz CT molecular complexity index is 3480. The molecule has 0 N–H and O–H groups in total. The van der Waals surface area contributed by atoms with Gasteiger partial charge in [0.2, 0.25) is 0 Å². The van der Waals surface area contributed by atoms with Crippen LogP contribution >= 0.6 is 0 Å². The summed E-state index contributed by atoms with van der Waals surface area (Å²) in [5.41, 5.74) is 25.9. The molecule has 0 fully saturated rings. The molecule has 0 radical (unpaired) electrons. The predicted octanol–water partition coefficient (Wildman–Crippen LogP) is 16.8. The number of nitrogens with zero attached hydrogens (tertiary/aromatic N) is 1. The first kappa shape index (κ1) is 37.5. The third-order valence-electron chi connectivity index (χ3n) is 14.7. The van der Waals surface area contributed by atoms with Crippen LogP contribution in [0.2, 0.25) is 0 Å². The molecule has 1 heteroatoms. The molecule has 0 bridgehead atoms. The van der Waals surface area contributed by atoms with Crippen LogP contribution in [0.5, 0.6) is 0 Å². The maximum Gasteiger partial charge on any atom is 0.0725 e. The van der Waals surface area contributed by atoms with E-state index in [1.54, 1.807) is 0 Å². The highest BCUT2D eigenvalue weighted by atomic mass is 15.1. The van der Waals surface area contributed by atoms with Crippen LogP contribution < -0.4 is 4.90 Å². The van der Waals surface area contributed by atoms with Crippen LogP contribution in [0.3, 0.4) is 0 Å². The second kappa shape index (κ2) is 14.3. The van der Waals surface area contributed by atoms with Gasteiger partial charge < -0.3 is 4.90 Å². The Kier molecular flexibility index (Phi) is 8.24. The molecule has 306 valence electrons. The molecule has 10 aromatic rings. The van der Waals surface area contributed by atoms with E-state index >= 15 is 0 Å². The fraction of sp³-hybridized carbons (Fsp3) is 0.0625. The van der Waals surface area contributed by atoms with Crippen molar-refractivity contribution < 1.29 is 0 Å². The molecule has 0 aromatic heterocycles. The van der Waals surface area contributed by atoms with Gasteiger partial charge in [-0.25, -0.2) is 0 Å². The number of benzene rings is 10. The van der Waals surface area contributed by atoms with E-state index in [0.717, 1.165) is 17.1 Å². The zero-order valence-corrected chi connectivity index (χ0v) is 36.5. The number of anilines is 3. The van der Waals surface area contributed by atoms with Crippen molar-refractivity contribution in [2.75, 3.05) is 4.90 Å². The Balaban J connectivity index is 1.11. The quantitative estimate of drug-likeness (QED) is 0.161. The predicted molar refractivity (Wildman–Crippen MR) is 271 cm³/mol. The van der Waals surface area contributed by atoms with E-state index in [9.17, 15) is 0 Å². The second-order valence-corrected chi connectivity index (χ2v) is 18.3. The van der Waals surface area contributed by atoms with Crippen LogP contribution in [0.4, 0.5) is 17.1 Å². The van der Waals surface area contributed by atoms with Crippen molar-refractivity contribution >= 4 is 17.1 Å². The highest BCUT2D eigenvalue weighted by molar-refractivity contribution is 6.03. The third-order valence-corrected chi connectivity index (χ3v) is 14.7. The number of rotatable bonds is 6. The first-order valence-electron chi connectivity index (χ1n) is 22.8. The van der Waals surface area contributed by atoms with E-state index in [-0.39, 0.29) is 5.41 Å². The van der Waals surface area contributed by atoms with Gasteiger partial charge in [0, 0.05) is 22.4 Å². The Morgan fingerprint density at radius 1 is 0.277 bits per heavy atom. The van der Waals surface area contributed by atoms with Gasteiger partial charge >= 0.3 is 0 Å². The fourth-order valence-corrected chi connectivity index (χ4v) is 11.9. The molecule has 10 aromatic carbocycles. The maximum atomic E-state index is 2.55. The molecule has 0 aliphatic heterocycles. The maximum absolute atomic E-state index is 2.55. The Labute approximate surface area is 381 Å². The smallest absolute Gasteiger partial charge is 0.0725 e. The minimum atomic E-state index is -0.418. The third kappa shape index (κ3) is 5.33. The summed E-state index contributed by atoms with van der Waals surface area (Å²) < 4.78 is 0. The second-order valence-electron chi connectivity index (χ2n) is 18.3. The average molecular weight is 828 g/mol. The van der Waals surface area contributed by atoms with Crippen molar-refractivity contribution in [3.8, 4) is 66.8 Å². The Hall–Kier alpha value is -8.00. The Morgan fingerprint density at radius 3 is 1.31 bits per heavy atom. The van der Waals surface area contributed by atoms with Gasteiger partial charge in [0.25, 0.3) is 0 Å². The number of hydrogen-bond acceptors (Lipinski definition) is 1. The lowest BCUT2D eigenvalue weighted by atomic mass is 9.70. The summed E-state index contributed by atoms with van der Waals surface area (Å²) in [6, 6.07) is 88.3. The van der Waals surface area contributed by atoms with Gasteiger partial charge in [0.15, 0.2) is 0 Å². The van der Waals surface area contributed by atoms with E-state index in [2.05, 4.69) is 255 Å². The minimum absolute atomic E-state index is 0.172. The van der Waals surface area contributed by atoms with Crippen molar-refractivity contribution in [2.45, 2.75) is 24.7 Å². The van der Waals surface area contributed by atoms with Gasteiger partial charge in [-0.3, -0.25) is 0 Å². The van der Waals surface area contributed by atoms with Gasteiger partial charge in [-0.2, -0.15) is 0 Å². The van der Waals surface area contributed by atoms with Gasteiger partial charge in [-0.1, -0.05) is 220 Å². The van der Waals surface area contributed by atoms with Crippen LogP contribution in [0.1, 0.15) is 47.2 Å². The molecule has 0 saturated carbocycles. The lowest BCUT2D eigenvalue weighted by Crippen LogP contribution is -2.25. The first-order valence-corrected chi connectivity index (χ1v) is 22.8. The van der Waals surface area contributed by atoms with Crippen molar-refractivity contribution in [1.29, 1.82) is 0 Å². The fourth-order valence-electron chi connectivity index (χ4n) is 11.9. The molecule has 13 rings (SSSR count). The molecule has 1 spiro atoms. The Morgan fingerprint density at radius 2 is 0.692 bits per heavy atom. The topological polar surface area (TPSA) is 3.24 Å². The van der Waals surface area contributed by atoms with Crippen molar-refractivity contribution in [1.82, 2.24) is 0 Å². The van der Waals surface area contributed by atoms with Crippen molar-refractivity contribution in [3.05, 3.63) is 270 Å². The highest BCUT2D eigenvalue weighted by Gasteiger charge is 2.51. The largest absolute Gasteiger partial charge is 0.310 e. The molecule has 0 heterocycles. The summed E-state index contributed by atoms with van der Waals surface area (Å²) in [5, 5.41) is 0. The molecule has 1 nitrogen and oxygen atoms in total. The summed E-state index contributed by atoms with van der Waals surface area (Å²) in [5.74, 6) is 0. The van der Waals surface area contributed by atoms with Crippen LogP contribution in [0.15, 0.2) is 237 Å². The average Bonchev–Trinajstić information content (AvgIpc) is 3.93. The van der Waals surface area contributed by atoms with Crippen molar-refractivity contribution in [3.63, 3.8) is 0 Å². The summed E-state index contributed by atoms with van der Waals surface area (Å²) >= 11 is 0. The van der Waals surface area contributed by atoms with Crippen molar-refractivity contribution in [2.24, 2.45) is 0 Å². The normalized spacial score (nSPS) is 13.9. The molecule has 0 amide bonds. The zero-order valence-electron chi connectivity index (χ0n) is 36.5. The number of fused-ring (bicyclic) bond motifs is 13. The van der Waals surface area contributed by atoms with E-state index < -0.39 is 5.41 Å². The van der Waals surface area contributed by atoms with Crippen LogP contribution in [0, 0.1) is 0 Å². The first-order chi connectivity index (χ1) is 32.0. The molecular weight excluding hydrogens is 783 g/mol. The van der Waals surface area contributed by atoms with E-state index in [1.807, 2.05) is 0 Å². The molecule has 0 unspecified atom stereocenters. The molecule has 65 heavy (non-hydrogen) atoms. The summed E-state index contributed by atoms with van der Waals surface area (Å²) in [4.78, 5) is 2.55. The molecule has 3 aliphatic rings. The minimum Gasteiger partial charge on any atom is -0.310 e. The lowest BCUT2D eigenvalue weighted by molar-refractivity contribution is 0.660. The SMILES string of the molecule is CC1(C)c2ccccc2-c2ccc(N(c3ccc4c(c3)-c3ccccc3C43c4ccccc4-c4ccccc43)c3cccc(-c4ccccc4)c3-c3ccccc3-c3ccccc3)cc21. The molecule has 0 atom stereocenters. The monoisotopic (exact) mass is 827 g/mol. The lowest BCUT2D eigenvalue weighted by Gasteiger charge is -2.33. The van der Waals surface area contributed by atoms with E-state index in [4.69, 9.17) is 0 Å². The van der Waals surface area contributed by atoms with Crippen LogP contribution in [-0.4, -0.2) is 0 Å². The van der Waals surface area contributed by atoms with Crippen LogP contribution in [-0.2, 0) is 10.8 Å². The molecular formula is C64H45N.